The number of hydrogen-bond acceptors (Lipinski definition) is 3. The fraction of sp³-hybridized carbons (Fsp3) is 0.200. The molecule has 3 aromatic rings. The zero-order valence-electron chi connectivity index (χ0n) is 14.6. The average molecular weight is 369 g/mol. The van der Waals surface area contributed by atoms with Gasteiger partial charge in [0.15, 0.2) is 5.16 Å². The van der Waals surface area contributed by atoms with Crippen LogP contribution in [0.5, 0.6) is 0 Å². The second-order valence-electron chi connectivity index (χ2n) is 6.00. The number of carbonyl (C=O) groups excluding carboxylic acids is 1. The Balaban J connectivity index is 1.61. The molecule has 1 aromatic heterocycles. The van der Waals surface area contributed by atoms with Crippen LogP contribution in [-0.4, -0.2) is 21.2 Å². The first-order chi connectivity index (χ1) is 12.5. The first-order valence-corrected chi connectivity index (χ1v) is 9.30. The minimum atomic E-state index is -0.286. The van der Waals surface area contributed by atoms with E-state index in [1.54, 1.807) is 18.3 Å². The summed E-state index contributed by atoms with van der Waals surface area (Å²) in [6.45, 7) is 3.92. The van der Waals surface area contributed by atoms with Gasteiger partial charge in [0.25, 0.3) is 0 Å². The summed E-state index contributed by atoms with van der Waals surface area (Å²) in [6, 6.07) is 14.0. The third kappa shape index (κ3) is 4.32. The van der Waals surface area contributed by atoms with E-state index in [2.05, 4.69) is 10.3 Å². The summed E-state index contributed by atoms with van der Waals surface area (Å²) in [5.41, 5.74) is 3.06. The van der Waals surface area contributed by atoms with E-state index < -0.39 is 0 Å². The maximum absolute atomic E-state index is 13.0. The molecule has 1 N–H and O–H groups in total. The van der Waals surface area contributed by atoms with Crippen LogP contribution >= 0.6 is 11.8 Å². The molecule has 2 aromatic carbocycles. The van der Waals surface area contributed by atoms with Gasteiger partial charge in [-0.1, -0.05) is 42.1 Å². The predicted molar refractivity (Wildman–Crippen MR) is 102 cm³/mol. The minimum absolute atomic E-state index is 0.0915. The Morgan fingerprint density at radius 3 is 2.69 bits per heavy atom. The molecule has 0 saturated carbocycles. The number of benzene rings is 2. The van der Waals surface area contributed by atoms with Crippen molar-refractivity contribution < 1.29 is 9.18 Å². The number of hydrogen-bond donors (Lipinski definition) is 1. The van der Waals surface area contributed by atoms with Gasteiger partial charge >= 0.3 is 0 Å². The number of imidazole rings is 1. The van der Waals surface area contributed by atoms with Crippen molar-refractivity contribution in [1.29, 1.82) is 0 Å². The lowest BCUT2D eigenvalue weighted by Gasteiger charge is -2.14. The Morgan fingerprint density at radius 2 is 1.96 bits per heavy atom. The molecule has 0 fully saturated rings. The molecule has 0 aliphatic carbocycles. The number of rotatable bonds is 6. The summed E-state index contributed by atoms with van der Waals surface area (Å²) in [4.78, 5) is 16.6. The van der Waals surface area contributed by atoms with Gasteiger partial charge in [-0.2, -0.15) is 0 Å². The Hall–Kier alpha value is -2.60. The molecule has 0 bridgehead atoms. The van der Waals surface area contributed by atoms with Crippen molar-refractivity contribution in [2.45, 2.75) is 25.0 Å². The number of nitrogens with zero attached hydrogens (tertiary/aromatic N) is 2. The van der Waals surface area contributed by atoms with Gasteiger partial charge in [0.2, 0.25) is 5.91 Å². The van der Waals surface area contributed by atoms with Crippen LogP contribution in [0.2, 0.25) is 0 Å². The fourth-order valence-electron chi connectivity index (χ4n) is 2.66. The molecular weight excluding hydrogens is 349 g/mol. The SMILES string of the molecule is Cc1ccccc1-n1ccnc1SCC(=O)NC(C)c1ccc(F)cc1. The van der Waals surface area contributed by atoms with E-state index in [9.17, 15) is 9.18 Å². The lowest BCUT2D eigenvalue weighted by Crippen LogP contribution is -2.28. The van der Waals surface area contributed by atoms with Crippen molar-refractivity contribution >= 4 is 17.7 Å². The zero-order valence-corrected chi connectivity index (χ0v) is 15.5. The largest absolute Gasteiger partial charge is 0.349 e. The lowest BCUT2D eigenvalue weighted by atomic mass is 10.1. The molecule has 26 heavy (non-hydrogen) atoms. The Bertz CT molecular complexity index is 892. The molecule has 1 atom stereocenters. The number of halogens is 1. The summed E-state index contributed by atoms with van der Waals surface area (Å²) in [7, 11) is 0. The molecule has 0 radical (unpaired) electrons. The van der Waals surface area contributed by atoms with Crippen LogP contribution in [0.15, 0.2) is 66.1 Å². The zero-order chi connectivity index (χ0) is 18.5. The number of para-hydroxylation sites is 1. The van der Waals surface area contributed by atoms with Crippen molar-refractivity contribution in [3.05, 3.63) is 77.9 Å². The van der Waals surface area contributed by atoms with Crippen LogP contribution in [0.1, 0.15) is 24.1 Å². The quantitative estimate of drug-likeness (QED) is 0.660. The van der Waals surface area contributed by atoms with Gasteiger partial charge in [0.1, 0.15) is 5.82 Å². The predicted octanol–water partition coefficient (Wildman–Crippen LogP) is 4.29. The van der Waals surface area contributed by atoms with E-state index >= 15 is 0 Å². The van der Waals surface area contributed by atoms with Crippen LogP contribution < -0.4 is 5.32 Å². The summed E-state index contributed by atoms with van der Waals surface area (Å²) < 4.78 is 15.0. The highest BCUT2D eigenvalue weighted by Crippen LogP contribution is 2.22. The van der Waals surface area contributed by atoms with Gasteiger partial charge in [0.05, 0.1) is 17.5 Å². The van der Waals surface area contributed by atoms with E-state index in [-0.39, 0.29) is 23.5 Å². The second kappa shape index (κ2) is 8.19. The van der Waals surface area contributed by atoms with Gasteiger partial charge < -0.3 is 5.32 Å². The van der Waals surface area contributed by atoms with Gasteiger partial charge in [0, 0.05) is 12.4 Å². The maximum Gasteiger partial charge on any atom is 0.230 e. The molecule has 1 amide bonds. The second-order valence-corrected chi connectivity index (χ2v) is 6.94. The smallest absolute Gasteiger partial charge is 0.230 e. The Kier molecular flexibility index (Phi) is 5.73. The summed E-state index contributed by atoms with van der Waals surface area (Å²) in [5, 5.41) is 3.70. The normalized spacial score (nSPS) is 12.0. The molecule has 6 heteroatoms. The number of amides is 1. The first kappa shape index (κ1) is 18.2. The van der Waals surface area contributed by atoms with Crippen LogP contribution in [0, 0.1) is 12.7 Å². The topological polar surface area (TPSA) is 46.9 Å². The van der Waals surface area contributed by atoms with Crippen molar-refractivity contribution in [3.8, 4) is 5.69 Å². The number of nitrogens with one attached hydrogen (secondary N) is 1. The van der Waals surface area contributed by atoms with E-state index in [1.807, 2.05) is 48.9 Å². The van der Waals surface area contributed by atoms with Crippen molar-refractivity contribution in [1.82, 2.24) is 14.9 Å². The first-order valence-electron chi connectivity index (χ1n) is 8.31. The average Bonchev–Trinajstić information content (AvgIpc) is 3.09. The van der Waals surface area contributed by atoms with Gasteiger partial charge in [-0.3, -0.25) is 9.36 Å². The number of aromatic nitrogens is 2. The van der Waals surface area contributed by atoms with E-state index in [4.69, 9.17) is 0 Å². The van der Waals surface area contributed by atoms with Crippen molar-refractivity contribution in [2.24, 2.45) is 0 Å². The summed E-state index contributed by atoms with van der Waals surface area (Å²) >= 11 is 1.38. The molecule has 1 unspecified atom stereocenters. The molecule has 134 valence electrons. The summed E-state index contributed by atoms with van der Waals surface area (Å²) in [5.74, 6) is -0.119. The van der Waals surface area contributed by atoms with E-state index in [0.29, 0.717) is 0 Å². The molecular formula is C20H20FN3OS. The third-order valence-corrected chi connectivity index (χ3v) is 5.03. The number of thioether (sulfide) groups is 1. The molecule has 0 aliphatic rings. The molecule has 4 nitrogen and oxygen atoms in total. The van der Waals surface area contributed by atoms with Crippen LogP contribution in [0.25, 0.3) is 5.69 Å². The van der Waals surface area contributed by atoms with E-state index in [1.165, 1.54) is 23.9 Å². The van der Waals surface area contributed by atoms with Gasteiger partial charge in [-0.05, 0) is 43.2 Å². The Morgan fingerprint density at radius 1 is 1.23 bits per heavy atom. The fourth-order valence-corrected chi connectivity index (χ4v) is 3.44. The number of aryl methyl sites for hydroxylation is 1. The molecule has 0 aliphatic heterocycles. The highest BCUT2D eigenvalue weighted by molar-refractivity contribution is 7.99. The standard InChI is InChI=1S/C20H20FN3OS/c1-14-5-3-4-6-18(14)24-12-11-22-20(24)26-13-19(25)23-15(2)16-7-9-17(21)10-8-16/h3-12,15H,13H2,1-2H3,(H,23,25). The molecule has 1 heterocycles. The number of carbonyl (C=O) groups is 1. The third-order valence-electron chi connectivity index (χ3n) is 4.06. The van der Waals surface area contributed by atoms with E-state index in [0.717, 1.165) is 22.0 Å². The molecule has 3 rings (SSSR count). The van der Waals surface area contributed by atoms with Crippen LogP contribution in [-0.2, 0) is 4.79 Å². The summed E-state index contributed by atoms with van der Waals surface area (Å²) in [6.07, 6.45) is 3.62. The molecule has 0 spiro atoms. The Labute approximate surface area is 156 Å². The lowest BCUT2D eigenvalue weighted by molar-refractivity contribution is -0.119. The monoisotopic (exact) mass is 369 g/mol. The van der Waals surface area contributed by atoms with Crippen LogP contribution in [0.4, 0.5) is 4.39 Å². The maximum atomic E-state index is 13.0. The minimum Gasteiger partial charge on any atom is -0.349 e. The molecule has 0 saturated heterocycles. The van der Waals surface area contributed by atoms with Gasteiger partial charge in [-0.15, -0.1) is 0 Å². The van der Waals surface area contributed by atoms with Gasteiger partial charge in [-0.25, -0.2) is 9.37 Å². The van der Waals surface area contributed by atoms with Crippen molar-refractivity contribution in [2.75, 3.05) is 5.75 Å². The highest BCUT2D eigenvalue weighted by atomic mass is 32.2. The highest BCUT2D eigenvalue weighted by Gasteiger charge is 2.13. The van der Waals surface area contributed by atoms with Crippen molar-refractivity contribution in [3.63, 3.8) is 0 Å². The van der Waals surface area contributed by atoms with Crippen LogP contribution in [0.3, 0.4) is 0 Å².